The first-order chi connectivity index (χ1) is 6.47. The molecule has 8 heteroatoms. The van der Waals surface area contributed by atoms with Gasteiger partial charge in [0, 0.05) is 18.5 Å². The zero-order valence-electron chi connectivity index (χ0n) is 6.85. The van der Waals surface area contributed by atoms with Gasteiger partial charge in [0.2, 0.25) is 0 Å². The Balaban J connectivity index is 0.000000171. The van der Waals surface area contributed by atoms with Crippen molar-refractivity contribution in [3.05, 3.63) is 30.7 Å². The van der Waals surface area contributed by atoms with E-state index in [4.69, 9.17) is 17.5 Å². The van der Waals surface area contributed by atoms with Gasteiger partial charge in [0.1, 0.15) is 0 Å². The molecule has 2 rings (SSSR count). The summed E-state index contributed by atoms with van der Waals surface area (Å²) in [5.41, 5.74) is 0.887. The fourth-order valence-corrected chi connectivity index (χ4v) is 0.764. The normalized spacial score (nSPS) is 10.7. The van der Waals surface area contributed by atoms with Crippen molar-refractivity contribution in [2.45, 2.75) is 0 Å². The Hall–Kier alpha value is -1.51. The molecule has 0 saturated carbocycles. The van der Waals surface area contributed by atoms with E-state index in [2.05, 4.69) is 10.1 Å². The molecule has 0 aliphatic heterocycles. The van der Waals surface area contributed by atoms with Crippen molar-refractivity contribution < 1.29 is 17.5 Å². The highest BCUT2D eigenvalue weighted by Crippen LogP contribution is 1.93. The van der Waals surface area contributed by atoms with Crippen molar-refractivity contribution in [3.8, 4) is 0 Å². The number of hydrogen-bond donors (Lipinski definition) is 2. The molecule has 7 nitrogen and oxygen atoms in total. The summed E-state index contributed by atoms with van der Waals surface area (Å²) in [5, 5.41) is 3.97. The Morgan fingerprint density at radius 3 is 2.50 bits per heavy atom. The maximum absolute atomic E-state index is 8.74. The molecule has 0 unspecified atom stereocenters. The molecule has 0 fully saturated rings. The molecule has 0 amide bonds. The zero-order chi connectivity index (χ0) is 10.6. The molecule has 0 atom stereocenters. The molecule has 76 valence electrons. The van der Waals surface area contributed by atoms with Crippen molar-refractivity contribution in [2.24, 2.45) is 0 Å². The third kappa shape index (κ3) is 3.94. The summed E-state index contributed by atoms with van der Waals surface area (Å²) >= 11 is 0. The van der Waals surface area contributed by atoms with Crippen LogP contribution < -0.4 is 0 Å². The van der Waals surface area contributed by atoms with Crippen LogP contribution in [0.25, 0.3) is 5.65 Å². The Morgan fingerprint density at radius 2 is 1.93 bits per heavy atom. The first-order valence-corrected chi connectivity index (χ1v) is 4.81. The molecule has 0 spiro atoms. The van der Waals surface area contributed by atoms with Gasteiger partial charge in [0.25, 0.3) is 0 Å². The van der Waals surface area contributed by atoms with Crippen LogP contribution in [0.2, 0.25) is 0 Å². The van der Waals surface area contributed by atoms with E-state index in [0.717, 1.165) is 5.65 Å². The minimum Gasteiger partial charge on any atom is -0.264 e. The second-order valence-electron chi connectivity index (χ2n) is 2.20. The Morgan fingerprint density at radius 1 is 1.29 bits per heavy atom. The van der Waals surface area contributed by atoms with E-state index < -0.39 is 10.4 Å². The standard InChI is InChI=1S/C6H5N3.H2O4S/c1-3-7-6-2-4-8-9(6)5-1;1-5(2,3)4/h1-5H;(H2,1,2,3,4). The molecule has 0 aromatic carbocycles. The predicted molar refractivity (Wildman–Crippen MR) is 47.2 cm³/mol. The third-order valence-corrected chi connectivity index (χ3v) is 1.17. The predicted octanol–water partition coefficient (Wildman–Crippen LogP) is 0.0765. The highest BCUT2D eigenvalue weighted by atomic mass is 32.3. The minimum absolute atomic E-state index is 0.887. The van der Waals surface area contributed by atoms with Gasteiger partial charge in [0.15, 0.2) is 5.65 Å². The Bertz CT molecular complexity index is 468. The quantitative estimate of drug-likeness (QED) is 0.605. The van der Waals surface area contributed by atoms with Crippen molar-refractivity contribution in [3.63, 3.8) is 0 Å². The number of aromatic nitrogens is 3. The molecule has 2 aromatic heterocycles. The smallest absolute Gasteiger partial charge is 0.264 e. The fraction of sp³-hybridized carbons (Fsp3) is 0. The van der Waals surface area contributed by atoms with Crippen LogP contribution in [-0.2, 0) is 10.4 Å². The first kappa shape index (κ1) is 10.6. The lowest BCUT2D eigenvalue weighted by atomic mass is 10.6. The molecule has 2 N–H and O–H groups in total. The minimum atomic E-state index is -4.67. The summed E-state index contributed by atoms with van der Waals surface area (Å²) < 4.78 is 33.3. The van der Waals surface area contributed by atoms with Gasteiger partial charge >= 0.3 is 10.4 Å². The molecule has 0 aliphatic rings. The van der Waals surface area contributed by atoms with Gasteiger partial charge < -0.3 is 0 Å². The summed E-state index contributed by atoms with van der Waals surface area (Å²) in [5.74, 6) is 0. The van der Waals surface area contributed by atoms with Crippen LogP contribution in [-0.4, -0.2) is 32.1 Å². The van der Waals surface area contributed by atoms with E-state index in [1.54, 1.807) is 16.9 Å². The van der Waals surface area contributed by atoms with Crippen LogP contribution in [0.1, 0.15) is 0 Å². The summed E-state index contributed by atoms with van der Waals surface area (Å²) in [6, 6.07) is 3.71. The van der Waals surface area contributed by atoms with Crippen molar-refractivity contribution >= 4 is 16.0 Å². The second kappa shape index (κ2) is 4.13. The van der Waals surface area contributed by atoms with Gasteiger partial charge in [-0.2, -0.15) is 13.5 Å². The summed E-state index contributed by atoms with van der Waals surface area (Å²) in [7, 11) is -4.67. The molecule has 2 heterocycles. The van der Waals surface area contributed by atoms with E-state index in [-0.39, 0.29) is 0 Å². The van der Waals surface area contributed by atoms with E-state index in [1.165, 1.54) is 0 Å². The van der Waals surface area contributed by atoms with E-state index >= 15 is 0 Å². The summed E-state index contributed by atoms with van der Waals surface area (Å²) in [6.07, 6.45) is 5.34. The number of fused-ring (bicyclic) bond motifs is 1. The average Bonchev–Trinajstić information content (AvgIpc) is 2.47. The number of rotatable bonds is 0. The molecule has 0 aliphatic carbocycles. The van der Waals surface area contributed by atoms with Gasteiger partial charge in [0.05, 0.1) is 6.20 Å². The monoisotopic (exact) mass is 217 g/mol. The van der Waals surface area contributed by atoms with Crippen LogP contribution >= 0.6 is 0 Å². The van der Waals surface area contributed by atoms with Crippen molar-refractivity contribution in [1.82, 2.24) is 14.6 Å². The van der Waals surface area contributed by atoms with Crippen molar-refractivity contribution in [2.75, 3.05) is 0 Å². The zero-order valence-corrected chi connectivity index (χ0v) is 7.66. The average molecular weight is 217 g/mol. The lowest BCUT2D eigenvalue weighted by Gasteiger charge is -1.85. The number of nitrogens with zero attached hydrogens (tertiary/aromatic N) is 3. The highest BCUT2D eigenvalue weighted by Gasteiger charge is 1.87. The highest BCUT2D eigenvalue weighted by molar-refractivity contribution is 7.79. The maximum atomic E-state index is 8.74. The van der Waals surface area contributed by atoms with Crippen LogP contribution in [0.3, 0.4) is 0 Å². The van der Waals surface area contributed by atoms with Gasteiger partial charge in [-0.25, -0.2) is 9.50 Å². The fourth-order valence-electron chi connectivity index (χ4n) is 0.764. The topological polar surface area (TPSA) is 105 Å². The Kier molecular flexibility index (Phi) is 3.12. The van der Waals surface area contributed by atoms with Crippen LogP contribution in [0, 0.1) is 0 Å². The molecule has 14 heavy (non-hydrogen) atoms. The third-order valence-electron chi connectivity index (χ3n) is 1.17. The number of hydrogen-bond acceptors (Lipinski definition) is 4. The first-order valence-electron chi connectivity index (χ1n) is 3.41. The van der Waals surface area contributed by atoms with Crippen LogP contribution in [0.5, 0.6) is 0 Å². The molecule has 2 aromatic rings. The van der Waals surface area contributed by atoms with Crippen molar-refractivity contribution in [1.29, 1.82) is 0 Å². The molecule has 0 bridgehead atoms. The Labute approximate surface area is 79.6 Å². The van der Waals surface area contributed by atoms with Gasteiger partial charge in [-0.1, -0.05) is 0 Å². The van der Waals surface area contributed by atoms with Crippen LogP contribution in [0.15, 0.2) is 30.7 Å². The second-order valence-corrected chi connectivity index (χ2v) is 3.10. The van der Waals surface area contributed by atoms with E-state index in [0.29, 0.717) is 0 Å². The van der Waals surface area contributed by atoms with Gasteiger partial charge in [-0.15, -0.1) is 0 Å². The van der Waals surface area contributed by atoms with E-state index in [1.807, 2.05) is 18.3 Å². The van der Waals surface area contributed by atoms with E-state index in [9.17, 15) is 0 Å². The summed E-state index contributed by atoms with van der Waals surface area (Å²) in [4.78, 5) is 4.04. The SMILES string of the molecule is O=S(=O)(O)O.c1cnc2ccnn2c1. The lowest BCUT2D eigenvalue weighted by Crippen LogP contribution is -1.89. The molecule has 0 radical (unpaired) electrons. The maximum Gasteiger partial charge on any atom is 0.394 e. The summed E-state index contributed by atoms with van der Waals surface area (Å²) in [6.45, 7) is 0. The lowest BCUT2D eigenvalue weighted by molar-refractivity contribution is 0.381. The van der Waals surface area contributed by atoms with Gasteiger partial charge in [-0.05, 0) is 6.07 Å². The van der Waals surface area contributed by atoms with Gasteiger partial charge in [-0.3, -0.25) is 9.11 Å². The molecule has 0 saturated heterocycles. The molecular weight excluding hydrogens is 210 g/mol. The van der Waals surface area contributed by atoms with Crippen LogP contribution in [0.4, 0.5) is 0 Å². The largest absolute Gasteiger partial charge is 0.394 e. The molecular formula is C6H7N3O4S.